The molecule has 1 aliphatic heterocycles. The second kappa shape index (κ2) is 7.86. The second-order valence-electron chi connectivity index (χ2n) is 5.24. The van der Waals surface area contributed by atoms with Gasteiger partial charge in [-0.15, -0.1) is 0 Å². The number of hydrogen-bond donors (Lipinski definition) is 1. The highest BCUT2D eigenvalue weighted by Gasteiger charge is 2.15. The molecular formula is C15H25NS. The summed E-state index contributed by atoms with van der Waals surface area (Å²) in [4.78, 5) is 1.56. The molecule has 0 atom stereocenters. The summed E-state index contributed by atoms with van der Waals surface area (Å²) in [6.45, 7) is 0. The summed E-state index contributed by atoms with van der Waals surface area (Å²) in [5.74, 6) is 0.815. The normalized spacial score (nSPS) is 24.6. The van der Waals surface area contributed by atoms with Crippen molar-refractivity contribution in [3.8, 4) is 0 Å². The van der Waals surface area contributed by atoms with E-state index in [1.165, 1.54) is 64.2 Å². The maximum atomic E-state index is 3.25. The summed E-state index contributed by atoms with van der Waals surface area (Å²) < 4.78 is 0. The molecular weight excluding hydrogens is 226 g/mol. The van der Waals surface area contributed by atoms with Crippen LogP contribution in [0.25, 0.3) is 0 Å². The van der Waals surface area contributed by atoms with Crippen LogP contribution in [-0.2, 0) is 0 Å². The largest absolute Gasteiger partial charge is 0.366 e. The average Bonchev–Trinajstić information content (AvgIpc) is 2.45. The van der Waals surface area contributed by atoms with Crippen molar-refractivity contribution in [3.05, 3.63) is 22.7 Å². The van der Waals surface area contributed by atoms with Gasteiger partial charge >= 0.3 is 0 Å². The lowest BCUT2D eigenvalue weighted by atomic mass is 9.95. The van der Waals surface area contributed by atoms with E-state index in [0.29, 0.717) is 0 Å². The minimum atomic E-state index is 0.815. The molecule has 2 aliphatic rings. The summed E-state index contributed by atoms with van der Waals surface area (Å²) in [7, 11) is 0. The molecule has 0 saturated heterocycles. The Balaban J connectivity index is 1.85. The van der Waals surface area contributed by atoms with Crippen molar-refractivity contribution >= 4 is 11.8 Å². The van der Waals surface area contributed by atoms with Crippen LogP contribution in [0.4, 0.5) is 0 Å². The number of rotatable bonds is 1. The van der Waals surface area contributed by atoms with E-state index in [1.807, 2.05) is 18.0 Å². The molecule has 0 aromatic heterocycles. The van der Waals surface area contributed by atoms with Crippen molar-refractivity contribution in [2.45, 2.75) is 64.2 Å². The molecule has 1 aliphatic carbocycles. The molecule has 1 N–H and O–H groups in total. The summed E-state index contributed by atoms with van der Waals surface area (Å²) in [5, 5.41) is 5.43. The standard InChI is InChI=1S/C15H25NS/c1-2-4-6-8-10-14(9-7-5-3-1)15-13-16-11-12-17-15/h11-14,16H,1-10H2. The highest BCUT2D eigenvalue weighted by atomic mass is 32.2. The molecule has 0 unspecified atom stereocenters. The lowest BCUT2D eigenvalue weighted by Gasteiger charge is -2.20. The van der Waals surface area contributed by atoms with Crippen molar-refractivity contribution in [1.29, 1.82) is 0 Å². The SMILES string of the molecule is C1=CSC(C2CCCCCCCCCC2)=CN1. The number of hydrogen-bond acceptors (Lipinski definition) is 2. The number of allylic oxidation sites excluding steroid dienone is 1. The number of thioether (sulfide) groups is 1. The van der Waals surface area contributed by atoms with Crippen molar-refractivity contribution in [2.24, 2.45) is 5.92 Å². The lowest BCUT2D eigenvalue weighted by Crippen LogP contribution is -2.08. The summed E-state index contributed by atoms with van der Waals surface area (Å²) in [5.41, 5.74) is 0. The fourth-order valence-corrected chi connectivity index (χ4v) is 3.67. The van der Waals surface area contributed by atoms with Gasteiger partial charge in [0.2, 0.25) is 0 Å². The predicted octanol–water partition coefficient (Wildman–Crippen LogP) is 5.17. The van der Waals surface area contributed by atoms with Gasteiger partial charge in [-0.1, -0.05) is 63.1 Å². The Labute approximate surface area is 110 Å². The minimum absolute atomic E-state index is 0.815. The Morgan fingerprint density at radius 2 is 1.47 bits per heavy atom. The highest BCUT2D eigenvalue weighted by molar-refractivity contribution is 8.05. The van der Waals surface area contributed by atoms with E-state index < -0.39 is 0 Å². The molecule has 2 heteroatoms. The third-order valence-electron chi connectivity index (χ3n) is 3.85. The van der Waals surface area contributed by atoms with E-state index in [4.69, 9.17) is 0 Å². The maximum Gasteiger partial charge on any atom is 0.0107 e. The highest BCUT2D eigenvalue weighted by Crippen LogP contribution is 2.34. The van der Waals surface area contributed by atoms with Crippen LogP contribution in [0.3, 0.4) is 0 Å². The van der Waals surface area contributed by atoms with Crippen LogP contribution in [0, 0.1) is 5.92 Å². The molecule has 1 saturated carbocycles. The monoisotopic (exact) mass is 251 g/mol. The van der Waals surface area contributed by atoms with Crippen LogP contribution in [0.1, 0.15) is 64.2 Å². The Hall–Kier alpha value is -0.370. The zero-order valence-corrected chi connectivity index (χ0v) is 11.6. The molecule has 1 fully saturated rings. The van der Waals surface area contributed by atoms with Crippen LogP contribution in [0.15, 0.2) is 22.7 Å². The van der Waals surface area contributed by atoms with Gasteiger partial charge in [-0.05, 0) is 24.2 Å². The van der Waals surface area contributed by atoms with Crippen molar-refractivity contribution < 1.29 is 0 Å². The van der Waals surface area contributed by atoms with E-state index in [-0.39, 0.29) is 0 Å². The summed E-state index contributed by atoms with van der Waals surface area (Å²) in [6.07, 6.45) is 18.6. The number of nitrogens with one attached hydrogen (secondary N) is 1. The van der Waals surface area contributed by atoms with E-state index in [9.17, 15) is 0 Å². The molecule has 0 aromatic rings. The molecule has 96 valence electrons. The smallest absolute Gasteiger partial charge is 0.0107 e. The Morgan fingerprint density at radius 3 is 2.00 bits per heavy atom. The first-order chi connectivity index (χ1) is 8.47. The first-order valence-corrected chi connectivity index (χ1v) is 8.12. The van der Waals surface area contributed by atoms with Gasteiger partial charge in [-0.3, -0.25) is 0 Å². The fourth-order valence-electron chi connectivity index (χ4n) is 2.80. The van der Waals surface area contributed by atoms with Gasteiger partial charge in [0.05, 0.1) is 0 Å². The quantitative estimate of drug-likeness (QED) is 0.690. The van der Waals surface area contributed by atoms with Crippen LogP contribution < -0.4 is 5.32 Å². The van der Waals surface area contributed by atoms with Gasteiger partial charge < -0.3 is 5.32 Å². The van der Waals surface area contributed by atoms with Gasteiger partial charge in [0.25, 0.3) is 0 Å². The van der Waals surface area contributed by atoms with E-state index >= 15 is 0 Å². The predicted molar refractivity (Wildman–Crippen MR) is 77.6 cm³/mol. The van der Waals surface area contributed by atoms with Crippen LogP contribution in [-0.4, -0.2) is 0 Å². The van der Waals surface area contributed by atoms with Gasteiger partial charge in [-0.25, -0.2) is 0 Å². The lowest BCUT2D eigenvalue weighted by molar-refractivity contribution is 0.481. The molecule has 0 amide bonds. The molecule has 17 heavy (non-hydrogen) atoms. The van der Waals surface area contributed by atoms with Gasteiger partial charge in [0.15, 0.2) is 0 Å². The van der Waals surface area contributed by atoms with Crippen molar-refractivity contribution in [1.82, 2.24) is 5.32 Å². The molecule has 0 aromatic carbocycles. The van der Waals surface area contributed by atoms with Gasteiger partial charge in [0.1, 0.15) is 0 Å². The second-order valence-corrected chi connectivity index (χ2v) is 6.22. The summed E-state index contributed by atoms with van der Waals surface area (Å²) in [6, 6.07) is 0. The molecule has 0 spiro atoms. The zero-order chi connectivity index (χ0) is 11.8. The molecule has 2 rings (SSSR count). The van der Waals surface area contributed by atoms with Gasteiger partial charge in [-0.2, -0.15) is 0 Å². The first-order valence-electron chi connectivity index (χ1n) is 7.24. The minimum Gasteiger partial charge on any atom is -0.366 e. The Kier molecular flexibility index (Phi) is 6.04. The summed E-state index contributed by atoms with van der Waals surface area (Å²) >= 11 is 1.92. The topological polar surface area (TPSA) is 12.0 Å². The molecule has 1 nitrogen and oxygen atoms in total. The molecule has 1 heterocycles. The van der Waals surface area contributed by atoms with Crippen LogP contribution in [0.2, 0.25) is 0 Å². The molecule has 0 radical (unpaired) electrons. The fraction of sp³-hybridized carbons (Fsp3) is 0.733. The third kappa shape index (κ3) is 4.79. The van der Waals surface area contributed by atoms with E-state index in [0.717, 1.165) is 5.92 Å². The Bertz CT molecular complexity index is 258. The average molecular weight is 251 g/mol. The van der Waals surface area contributed by atoms with Crippen LogP contribution in [0.5, 0.6) is 0 Å². The van der Waals surface area contributed by atoms with E-state index in [1.54, 1.807) is 4.91 Å². The van der Waals surface area contributed by atoms with E-state index in [2.05, 4.69) is 16.9 Å². The van der Waals surface area contributed by atoms with Gasteiger partial charge in [0, 0.05) is 17.3 Å². The first kappa shape index (κ1) is 13.1. The zero-order valence-electron chi connectivity index (χ0n) is 10.8. The molecule has 0 bridgehead atoms. The third-order valence-corrected chi connectivity index (χ3v) is 4.85. The van der Waals surface area contributed by atoms with Crippen molar-refractivity contribution in [3.63, 3.8) is 0 Å². The van der Waals surface area contributed by atoms with Crippen molar-refractivity contribution in [2.75, 3.05) is 0 Å². The maximum absolute atomic E-state index is 3.25. The Morgan fingerprint density at radius 1 is 0.882 bits per heavy atom. The van der Waals surface area contributed by atoms with Crippen LogP contribution >= 0.6 is 11.8 Å².